The van der Waals surface area contributed by atoms with Crippen molar-refractivity contribution in [3.05, 3.63) is 35.1 Å². The number of nitrogens with zero attached hydrogens (tertiary/aromatic N) is 1. The molecule has 1 rings (SSSR count). The highest BCUT2D eigenvalue weighted by Crippen LogP contribution is 2.09. The maximum Gasteiger partial charge on any atom is 0.251 e. The molecule has 0 fully saturated rings. The van der Waals surface area contributed by atoms with E-state index in [4.69, 9.17) is 5.26 Å². The second kappa shape index (κ2) is 6.64. The summed E-state index contributed by atoms with van der Waals surface area (Å²) in [5.74, 6) is -0.677. The van der Waals surface area contributed by atoms with E-state index >= 15 is 0 Å². The van der Waals surface area contributed by atoms with Crippen LogP contribution in [-0.4, -0.2) is 12.5 Å². The van der Waals surface area contributed by atoms with Crippen molar-refractivity contribution >= 4 is 5.91 Å². The van der Waals surface area contributed by atoms with Gasteiger partial charge in [-0.05, 0) is 37.5 Å². The first kappa shape index (κ1) is 13.2. The molecule has 0 radical (unpaired) electrons. The molecule has 0 saturated carbocycles. The zero-order valence-electron chi connectivity index (χ0n) is 9.79. The minimum atomic E-state index is -0.412. The van der Waals surface area contributed by atoms with Crippen LogP contribution in [0.25, 0.3) is 0 Å². The summed E-state index contributed by atoms with van der Waals surface area (Å²) in [6, 6.07) is 6.19. The summed E-state index contributed by atoms with van der Waals surface area (Å²) in [5.41, 5.74) is 1.12. The van der Waals surface area contributed by atoms with Crippen LogP contribution in [-0.2, 0) is 0 Å². The number of nitrogens with one attached hydrogen (secondary N) is 1. The first-order valence-corrected chi connectivity index (χ1v) is 5.56. The van der Waals surface area contributed by atoms with Crippen LogP contribution in [0.2, 0.25) is 0 Å². The Balaban J connectivity index is 2.47. The van der Waals surface area contributed by atoms with Crippen LogP contribution < -0.4 is 5.32 Å². The molecule has 1 aromatic carbocycles. The molecular formula is C13H15FN2O. The molecule has 3 nitrogen and oxygen atoms in total. The Morgan fingerprint density at radius 3 is 2.94 bits per heavy atom. The maximum absolute atomic E-state index is 13.0. The van der Waals surface area contributed by atoms with Crippen molar-refractivity contribution in [2.45, 2.75) is 26.2 Å². The first-order chi connectivity index (χ1) is 8.15. The SMILES string of the molecule is Cc1ccc(F)cc1C(=O)NCCCCC#N. The molecule has 0 unspecified atom stereocenters. The predicted molar refractivity (Wildman–Crippen MR) is 62.9 cm³/mol. The van der Waals surface area contributed by atoms with Crippen molar-refractivity contribution in [2.24, 2.45) is 0 Å². The number of aryl methyl sites for hydroxylation is 1. The number of unbranched alkanes of at least 4 members (excludes halogenated alkanes) is 2. The van der Waals surface area contributed by atoms with Crippen molar-refractivity contribution in [1.82, 2.24) is 5.32 Å². The van der Waals surface area contributed by atoms with Crippen molar-refractivity contribution in [2.75, 3.05) is 6.54 Å². The number of carbonyl (C=O) groups excluding carboxylic acids is 1. The molecule has 0 saturated heterocycles. The van der Waals surface area contributed by atoms with E-state index in [1.165, 1.54) is 12.1 Å². The van der Waals surface area contributed by atoms with E-state index in [0.29, 0.717) is 18.5 Å². The Hall–Kier alpha value is -1.89. The van der Waals surface area contributed by atoms with E-state index in [0.717, 1.165) is 18.4 Å². The van der Waals surface area contributed by atoms with Crippen molar-refractivity contribution in [1.29, 1.82) is 5.26 Å². The molecule has 0 bridgehead atoms. The number of hydrogen-bond donors (Lipinski definition) is 1. The van der Waals surface area contributed by atoms with Crippen LogP contribution in [0.3, 0.4) is 0 Å². The van der Waals surface area contributed by atoms with Crippen molar-refractivity contribution in [3.8, 4) is 6.07 Å². The minimum Gasteiger partial charge on any atom is -0.352 e. The van der Waals surface area contributed by atoms with E-state index in [2.05, 4.69) is 5.32 Å². The Labute approximate surface area is 100 Å². The lowest BCUT2D eigenvalue weighted by atomic mass is 10.1. The van der Waals surface area contributed by atoms with Gasteiger partial charge in [-0.15, -0.1) is 0 Å². The third-order valence-corrected chi connectivity index (χ3v) is 2.45. The summed E-state index contributed by atoms with van der Waals surface area (Å²) in [7, 11) is 0. The van der Waals surface area contributed by atoms with Gasteiger partial charge < -0.3 is 5.32 Å². The first-order valence-electron chi connectivity index (χ1n) is 5.56. The van der Waals surface area contributed by atoms with E-state index in [1.54, 1.807) is 13.0 Å². The largest absolute Gasteiger partial charge is 0.352 e. The molecule has 0 aliphatic rings. The average Bonchev–Trinajstić information content (AvgIpc) is 2.32. The molecule has 1 N–H and O–H groups in total. The van der Waals surface area contributed by atoms with E-state index < -0.39 is 5.82 Å². The lowest BCUT2D eigenvalue weighted by molar-refractivity contribution is 0.0952. The third kappa shape index (κ3) is 4.23. The van der Waals surface area contributed by atoms with Crippen molar-refractivity contribution < 1.29 is 9.18 Å². The molecule has 0 aromatic heterocycles. The normalized spacial score (nSPS) is 9.71. The standard InChI is InChI=1S/C13H15FN2O/c1-10-5-6-11(14)9-12(10)13(17)16-8-4-2-3-7-15/h5-6,9H,2-4,8H2,1H3,(H,16,17). The van der Waals surface area contributed by atoms with Crippen LogP contribution in [0.4, 0.5) is 4.39 Å². The van der Waals surface area contributed by atoms with Gasteiger partial charge in [0.05, 0.1) is 6.07 Å². The highest BCUT2D eigenvalue weighted by molar-refractivity contribution is 5.95. The third-order valence-electron chi connectivity index (χ3n) is 2.45. The predicted octanol–water partition coefficient (Wildman–Crippen LogP) is 2.56. The number of halogens is 1. The summed E-state index contributed by atoms with van der Waals surface area (Å²) >= 11 is 0. The van der Waals surface area contributed by atoms with Gasteiger partial charge in [0.2, 0.25) is 0 Å². The molecule has 17 heavy (non-hydrogen) atoms. The highest BCUT2D eigenvalue weighted by Gasteiger charge is 2.08. The zero-order chi connectivity index (χ0) is 12.7. The number of benzene rings is 1. The van der Waals surface area contributed by atoms with Crippen LogP contribution >= 0.6 is 0 Å². The quantitative estimate of drug-likeness (QED) is 0.796. The second-order valence-corrected chi connectivity index (χ2v) is 3.83. The lowest BCUT2D eigenvalue weighted by Gasteiger charge is -2.07. The van der Waals surface area contributed by atoms with Gasteiger partial charge in [-0.1, -0.05) is 6.07 Å². The summed E-state index contributed by atoms with van der Waals surface area (Å²) < 4.78 is 13.0. The van der Waals surface area contributed by atoms with Gasteiger partial charge in [-0.3, -0.25) is 4.79 Å². The number of nitriles is 1. The Kier molecular flexibility index (Phi) is 5.15. The fourth-order valence-electron chi connectivity index (χ4n) is 1.47. The van der Waals surface area contributed by atoms with Gasteiger partial charge in [-0.2, -0.15) is 5.26 Å². The lowest BCUT2D eigenvalue weighted by Crippen LogP contribution is -2.25. The van der Waals surface area contributed by atoms with Crippen LogP contribution in [0, 0.1) is 24.1 Å². The van der Waals surface area contributed by atoms with E-state index in [-0.39, 0.29) is 5.91 Å². The molecule has 90 valence electrons. The summed E-state index contributed by atoms with van der Waals surface area (Å²) in [6.45, 7) is 2.28. The van der Waals surface area contributed by atoms with Crippen LogP contribution in [0.15, 0.2) is 18.2 Å². The molecule has 0 atom stereocenters. The Morgan fingerprint density at radius 2 is 2.24 bits per heavy atom. The van der Waals surface area contributed by atoms with Gasteiger partial charge in [0.25, 0.3) is 5.91 Å². The topological polar surface area (TPSA) is 52.9 Å². The summed E-state index contributed by atoms with van der Waals surface area (Å²) in [6.07, 6.45) is 2.02. The summed E-state index contributed by atoms with van der Waals surface area (Å²) in [5, 5.41) is 11.1. The molecular weight excluding hydrogens is 219 g/mol. The molecule has 4 heteroatoms. The summed E-state index contributed by atoms with van der Waals surface area (Å²) in [4.78, 5) is 11.7. The Bertz CT molecular complexity index is 438. The minimum absolute atomic E-state index is 0.265. The van der Waals surface area contributed by atoms with E-state index in [9.17, 15) is 9.18 Å². The average molecular weight is 234 g/mol. The van der Waals surface area contributed by atoms with E-state index in [1.807, 2.05) is 6.07 Å². The second-order valence-electron chi connectivity index (χ2n) is 3.83. The fraction of sp³-hybridized carbons (Fsp3) is 0.385. The number of hydrogen-bond acceptors (Lipinski definition) is 2. The molecule has 0 heterocycles. The van der Waals surface area contributed by atoms with Crippen molar-refractivity contribution in [3.63, 3.8) is 0 Å². The van der Waals surface area contributed by atoms with Gasteiger partial charge in [0.15, 0.2) is 0 Å². The van der Waals surface area contributed by atoms with Gasteiger partial charge >= 0.3 is 0 Å². The van der Waals surface area contributed by atoms with Gasteiger partial charge in [-0.25, -0.2) is 4.39 Å². The molecule has 0 spiro atoms. The number of carbonyl (C=O) groups is 1. The monoisotopic (exact) mass is 234 g/mol. The zero-order valence-corrected chi connectivity index (χ0v) is 9.79. The Morgan fingerprint density at radius 1 is 1.47 bits per heavy atom. The molecule has 0 aliphatic carbocycles. The molecule has 0 aliphatic heterocycles. The van der Waals surface area contributed by atoms with Gasteiger partial charge in [0, 0.05) is 18.5 Å². The smallest absolute Gasteiger partial charge is 0.251 e. The van der Waals surface area contributed by atoms with Crippen LogP contribution in [0.1, 0.15) is 35.2 Å². The van der Waals surface area contributed by atoms with Crippen LogP contribution in [0.5, 0.6) is 0 Å². The maximum atomic E-state index is 13.0. The molecule has 1 amide bonds. The number of rotatable bonds is 5. The van der Waals surface area contributed by atoms with Gasteiger partial charge in [0.1, 0.15) is 5.82 Å². The highest BCUT2D eigenvalue weighted by atomic mass is 19.1. The molecule has 1 aromatic rings. The number of amides is 1. The fourth-order valence-corrected chi connectivity index (χ4v) is 1.47.